The molecule has 1 aromatic carbocycles. The first kappa shape index (κ1) is 19.9. The van der Waals surface area contributed by atoms with Gasteiger partial charge in [0.25, 0.3) is 0 Å². The van der Waals surface area contributed by atoms with Crippen LogP contribution >= 0.6 is 0 Å². The minimum atomic E-state index is -0.722. The minimum absolute atomic E-state index is 0.00989. The summed E-state index contributed by atoms with van der Waals surface area (Å²) in [6.07, 6.45) is 9.68. The third kappa shape index (κ3) is 3.77. The van der Waals surface area contributed by atoms with Crippen LogP contribution in [0, 0.1) is 5.41 Å². The molecular weight excluding hydrogens is 364 g/mol. The average Bonchev–Trinajstić information content (AvgIpc) is 3.14. The van der Waals surface area contributed by atoms with Crippen LogP contribution in [0.5, 0.6) is 5.75 Å². The van der Waals surface area contributed by atoms with Gasteiger partial charge in [-0.05, 0) is 66.4 Å². The highest BCUT2D eigenvalue weighted by Gasteiger charge is 2.32. The highest BCUT2D eigenvalue weighted by molar-refractivity contribution is 5.87. The van der Waals surface area contributed by atoms with Crippen LogP contribution in [-0.2, 0) is 0 Å². The van der Waals surface area contributed by atoms with Gasteiger partial charge in [0, 0.05) is 24.0 Å². The Bertz CT molecular complexity index is 1030. The quantitative estimate of drug-likeness (QED) is 0.595. The predicted octanol–water partition coefficient (Wildman–Crippen LogP) is 4.08. The Kier molecular flexibility index (Phi) is 5.36. The molecule has 1 aromatic heterocycles. The van der Waals surface area contributed by atoms with Gasteiger partial charge >= 0.3 is 0 Å². The van der Waals surface area contributed by atoms with Crippen LogP contribution in [0.4, 0.5) is 0 Å². The number of aliphatic hydroxyl groups is 1. The first-order valence-corrected chi connectivity index (χ1v) is 10.6. The molecule has 0 aliphatic heterocycles. The lowest BCUT2D eigenvalue weighted by atomic mass is 9.74. The molecule has 5 nitrogen and oxygen atoms in total. The number of hydrogen-bond acceptors (Lipinski definition) is 4. The number of H-pyrrole nitrogens is 1. The second-order valence-corrected chi connectivity index (χ2v) is 8.49. The van der Waals surface area contributed by atoms with Crippen LogP contribution in [0.2, 0.25) is 0 Å². The molecule has 1 saturated carbocycles. The molecule has 4 N–H and O–H groups in total. The van der Waals surface area contributed by atoms with Crippen molar-refractivity contribution in [2.24, 2.45) is 5.41 Å². The minimum Gasteiger partial charge on any atom is -0.506 e. The summed E-state index contributed by atoms with van der Waals surface area (Å²) >= 11 is 0. The molecule has 0 amide bonds. The van der Waals surface area contributed by atoms with E-state index in [1.54, 1.807) is 12.1 Å². The second-order valence-electron chi connectivity index (χ2n) is 8.49. The van der Waals surface area contributed by atoms with Crippen molar-refractivity contribution in [3.8, 4) is 5.75 Å². The molecule has 4 rings (SSSR count). The predicted molar refractivity (Wildman–Crippen MR) is 116 cm³/mol. The zero-order chi connectivity index (χ0) is 20.6. The second kappa shape index (κ2) is 7.81. The maximum atomic E-state index is 11.6. The molecule has 0 radical (unpaired) electrons. The molecule has 0 saturated heterocycles. The lowest BCUT2D eigenvalue weighted by molar-refractivity contribution is 0.171. The van der Waals surface area contributed by atoms with Gasteiger partial charge < -0.3 is 20.5 Å². The van der Waals surface area contributed by atoms with Crippen LogP contribution < -0.4 is 10.9 Å². The number of aromatic amines is 1. The lowest BCUT2D eigenvalue weighted by Crippen LogP contribution is -2.30. The Morgan fingerprint density at radius 2 is 1.93 bits per heavy atom. The number of aliphatic hydroxyl groups excluding tert-OH is 1. The van der Waals surface area contributed by atoms with Gasteiger partial charge in [0.1, 0.15) is 5.75 Å². The number of aromatic nitrogens is 1. The highest BCUT2D eigenvalue weighted by atomic mass is 16.3. The van der Waals surface area contributed by atoms with E-state index in [-0.39, 0.29) is 11.3 Å². The third-order valence-corrected chi connectivity index (χ3v) is 6.85. The van der Waals surface area contributed by atoms with E-state index in [4.69, 9.17) is 0 Å². The van der Waals surface area contributed by atoms with Crippen LogP contribution in [0.1, 0.15) is 57.6 Å². The largest absolute Gasteiger partial charge is 0.506 e. The molecule has 2 aliphatic carbocycles. The molecule has 2 aromatic rings. The van der Waals surface area contributed by atoms with Gasteiger partial charge in [-0.25, -0.2) is 0 Å². The van der Waals surface area contributed by atoms with E-state index < -0.39 is 6.10 Å². The molecule has 2 unspecified atom stereocenters. The molecule has 0 spiro atoms. The molecule has 0 bridgehead atoms. The van der Waals surface area contributed by atoms with Crippen molar-refractivity contribution in [2.45, 2.75) is 58.1 Å². The summed E-state index contributed by atoms with van der Waals surface area (Å²) in [6.45, 7) is 4.97. The van der Waals surface area contributed by atoms with E-state index in [1.165, 1.54) is 36.1 Å². The van der Waals surface area contributed by atoms with E-state index in [0.717, 1.165) is 19.3 Å². The summed E-state index contributed by atoms with van der Waals surface area (Å²) in [5, 5.41) is 25.0. The molecule has 1 heterocycles. The standard InChI is InChI=1S/C24H30N2O3/c1-3-24(4-2)10-9-15-11-17(12-16(15)13-24)25-14-21(28)18-5-7-20(27)23-19(18)6-8-22(29)26-23/h5-9,13,17,21,25,27-28H,3-4,10-12,14H2,1-2H3,(H,26,29). The summed E-state index contributed by atoms with van der Waals surface area (Å²) in [4.78, 5) is 14.2. The fourth-order valence-corrected chi connectivity index (χ4v) is 4.81. The fraction of sp³-hybridized carbons (Fsp3) is 0.458. The lowest BCUT2D eigenvalue weighted by Gasteiger charge is -2.31. The molecular formula is C24H30N2O3. The maximum Gasteiger partial charge on any atom is 0.248 e. The average molecular weight is 395 g/mol. The third-order valence-electron chi connectivity index (χ3n) is 6.85. The number of hydrogen-bond donors (Lipinski definition) is 4. The van der Waals surface area contributed by atoms with Crippen molar-refractivity contribution in [1.29, 1.82) is 0 Å². The molecule has 5 heteroatoms. The normalized spacial score (nSPS) is 21.6. The number of allylic oxidation sites excluding steroid dienone is 2. The number of phenolic OH excluding ortho intramolecular Hbond substituents is 1. The zero-order valence-electron chi connectivity index (χ0n) is 17.2. The monoisotopic (exact) mass is 394 g/mol. The van der Waals surface area contributed by atoms with Crippen molar-refractivity contribution >= 4 is 10.9 Å². The number of benzene rings is 1. The highest BCUT2D eigenvalue weighted by Crippen LogP contribution is 2.44. The number of phenols is 1. The number of fused-ring (bicyclic) bond motifs is 2. The van der Waals surface area contributed by atoms with Gasteiger partial charge in [0.15, 0.2) is 0 Å². The van der Waals surface area contributed by atoms with Gasteiger partial charge in [-0.15, -0.1) is 0 Å². The van der Waals surface area contributed by atoms with Crippen molar-refractivity contribution < 1.29 is 10.2 Å². The van der Waals surface area contributed by atoms with Gasteiger partial charge in [0.05, 0.1) is 11.6 Å². The zero-order valence-corrected chi connectivity index (χ0v) is 17.2. The summed E-state index contributed by atoms with van der Waals surface area (Å²) in [5.74, 6) is 0.00989. The Hall–Kier alpha value is -2.37. The Labute approximate surface area is 171 Å². The Morgan fingerprint density at radius 1 is 1.17 bits per heavy atom. The fourth-order valence-electron chi connectivity index (χ4n) is 4.81. The molecule has 2 aliphatic rings. The molecule has 29 heavy (non-hydrogen) atoms. The SMILES string of the molecule is CCC1(CC)C=C2CC(NCC(O)c3ccc(O)c4[nH]c(=O)ccc34)CC2=CC1. The Balaban J connectivity index is 1.47. The summed E-state index contributed by atoms with van der Waals surface area (Å²) in [6, 6.07) is 6.64. The van der Waals surface area contributed by atoms with Gasteiger partial charge in [0.2, 0.25) is 5.56 Å². The number of nitrogens with one attached hydrogen (secondary N) is 2. The number of rotatable bonds is 6. The molecule has 2 atom stereocenters. The van der Waals surface area contributed by atoms with E-state index in [9.17, 15) is 15.0 Å². The van der Waals surface area contributed by atoms with Gasteiger partial charge in [-0.3, -0.25) is 4.79 Å². The van der Waals surface area contributed by atoms with Gasteiger partial charge in [-0.1, -0.05) is 32.1 Å². The topological polar surface area (TPSA) is 85.3 Å². The number of aromatic hydroxyl groups is 1. The maximum absolute atomic E-state index is 11.6. The summed E-state index contributed by atoms with van der Waals surface area (Å²) in [5.41, 5.74) is 4.04. The van der Waals surface area contributed by atoms with Crippen molar-refractivity contribution in [3.05, 3.63) is 63.5 Å². The van der Waals surface area contributed by atoms with Gasteiger partial charge in [-0.2, -0.15) is 0 Å². The van der Waals surface area contributed by atoms with Crippen molar-refractivity contribution in [1.82, 2.24) is 10.3 Å². The molecule has 154 valence electrons. The van der Waals surface area contributed by atoms with E-state index in [0.29, 0.717) is 34.5 Å². The van der Waals surface area contributed by atoms with E-state index >= 15 is 0 Å². The Morgan fingerprint density at radius 3 is 2.69 bits per heavy atom. The molecule has 1 fully saturated rings. The van der Waals surface area contributed by atoms with Crippen LogP contribution in [0.15, 0.2) is 52.4 Å². The van der Waals surface area contributed by atoms with Crippen LogP contribution in [-0.4, -0.2) is 27.8 Å². The van der Waals surface area contributed by atoms with Crippen LogP contribution in [0.3, 0.4) is 0 Å². The smallest absolute Gasteiger partial charge is 0.248 e. The summed E-state index contributed by atoms with van der Waals surface area (Å²) in [7, 11) is 0. The first-order chi connectivity index (χ1) is 13.9. The first-order valence-electron chi connectivity index (χ1n) is 10.6. The summed E-state index contributed by atoms with van der Waals surface area (Å²) < 4.78 is 0. The van der Waals surface area contributed by atoms with Crippen LogP contribution in [0.25, 0.3) is 10.9 Å². The van der Waals surface area contributed by atoms with E-state index in [2.05, 4.69) is 36.3 Å². The van der Waals surface area contributed by atoms with Crippen molar-refractivity contribution in [3.63, 3.8) is 0 Å². The van der Waals surface area contributed by atoms with E-state index in [1.807, 2.05) is 0 Å². The van der Waals surface area contributed by atoms with Crippen molar-refractivity contribution in [2.75, 3.05) is 6.54 Å². The number of pyridine rings is 1.